The van der Waals surface area contributed by atoms with Gasteiger partial charge in [0.2, 0.25) is 10.0 Å². The van der Waals surface area contributed by atoms with E-state index in [1.807, 2.05) is 57.2 Å². The van der Waals surface area contributed by atoms with Gasteiger partial charge in [0.1, 0.15) is 12.4 Å². The average Bonchev–Trinajstić information content (AvgIpc) is 2.87. The SMILES string of the molecule is CCOC(COc1cccc(-c2ccc(C3=CCN(S(=O)(=O)C(C)(C)C(=O)O)CC3)cc2C)c1)OCC. The number of sulfonamides is 1. The number of rotatable bonds is 12. The molecule has 0 unspecified atom stereocenters. The number of hydrogen-bond acceptors (Lipinski definition) is 6. The molecule has 3 rings (SSSR count). The van der Waals surface area contributed by atoms with E-state index in [4.69, 9.17) is 14.2 Å². The summed E-state index contributed by atoms with van der Waals surface area (Å²) in [6, 6.07) is 14.1. The highest BCUT2D eigenvalue weighted by atomic mass is 32.2. The van der Waals surface area contributed by atoms with Crippen LogP contribution in [0.4, 0.5) is 0 Å². The van der Waals surface area contributed by atoms with E-state index in [9.17, 15) is 18.3 Å². The van der Waals surface area contributed by atoms with Crippen molar-refractivity contribution in [1.29, 1.82) is 0 Å². The summed E-state index contributed by atoms with van der Waals surface area (Å²) in [5, 5.41) is 9.36. The van der Waals surface area contributed by atoms with E-state index < -0.39 is 27.0 Å². The maximum absolute atomic E-state index is 12.8. The summed E-state index contributed by atoms with van der Waals surface area (Å²) in [6.45, 7) is 10.1. The lowest BCUT2D eigenvalue weighted by Gasteiger charge is -2.31. The number of hydrogen-bond donors (Lipinski definition) is 1. The zero-order valence-electron chi connectivity index (χ0n) is 22.2. The predicted molar refractivity (Wildman–Crippen MR) is 144 cm³/mol. The van der Waals surface area contributed by atoms with Crippen LogP contribution in [0.15, 0.2) is 48.5 Å². The molecule has 37 heavy (non-hydrogen) atoms. The number of nitrogens with zero attached hydrogens (tertiary/aromatic N) is 1. The van der Waals surface area contributed by atoms with Gasteiger partial charge in [-0.3, -0.25) is 4.79 Å². The maximum Gasteiger partial charge on any atom is 0.325 e. The molecule has 202 valence electrons. The van der Waals surface area contributed by atoms with Crippen LogP contribution in [-0.2, 0) is 24.3 Å². The summed E-state index contributed by atoms with van der Waals surface area (Å²) in [5.41, 5.74) is 5.25. The van der Waals surface area contributed by atoms with E-state index >= 15 is 0 Å². The summed E-state index contributed by atoms with van der Waals surface area (Å²) in [7, 11) is -3.98. The normalized spacial score (nSPS) is 15.0. The number of carboxylic acids is 1. The van der Waals surface area contributed by atoms with Crippen molar-refractivity contribution in [3.05, 3.63) is 59.7 Å². The van der Waals surface area contributed by atoms with Crippen LogP contribution in [0.1, 0.15) is 45.2 Å². The summed E-state index contributed by atoms with van der Waals surface area (Å²) in [6.07, 6.45) is 1.97. The first-order valence-electron chi connectivity index (χ1n) is 12.5. The molecule has 0 atom stereocenters. The number of carboxylic acid groups (broad SMARTS) is 1. The van der Waals surface area contributed by atoms with Gasteiger partial charge in [0.15, 0.2) is 11.0 Å². The minimum atomic E-state index is -3.98. The first-order valence-corrected chi connectivity index (χ1v) is 13.9. The molecule has 1 heterocycles. The highest BCUT2D eigenvalue weighted by molar-refractivity contribution is 7.91. The van der Waals surface area contributed by atoms with Gasteiger partial charge in [-0.2, -0.15) is 4.31 Å². The summed E-state index contributed by atoms with van der Waals surface area (Å²) in [5.74, 6) is -0.627. The standard InChI is InChI=1S/C28H37NO7S/c1-6-34-26(35-7-2)19-36-24-10-8-9-23(18-24)25-12-11-22(17-20(25)3)21-13-15-29(16-14-21)37(32,33)28(4,5)27(30)31/h8-13,17-18,26H,6-7,14-16,19H2,1-5H3,(H,30,31). The fraction of sp³-hybridized carbons (Fsp3) is 0.464. The van der Waals surface area contributed by atoms with E-state index in [1.54, 1.807) is 0 Å². The third-order valence-corrected chi connectivity index (χ3v) is 8.98. The van der Waals surface area contributed by atoms with E-state index in [0.717, 1.165) is 33.6 Å². The van der Waals surface area contributed by atoms with Crippen LogP contribution in [0.2, 0.25) is 0 Å². The molecule has 1 aliphatic heterocycles. The van der Waals surface area contributed by atoms with Crippen LogP contribution in [0.25, 0.3) is 16.7 Å². The van der Waals surface area contributed by atoms with Crippen molar-refractivity contribution >= 4 is 21.6 Å². The van der Waals surface area contributed by atoms with Gasteiger partial charge >= 0.3 is 5.97 Å². The van der Waals surface area contributed by atoms with Gasteiger partial charge in [0.05, 0.1) is 0 Å². The van der Waals surface area contributed by atoms with E-state index in [1.165, 1.54) is 18.2 Å². The number of benzene rings is 2. The van der Waals surface area contributed by atoms with Gasteiger partial charge in [-0.15, -0.1) is 0 Å². The second-order valence-electron chi connectivity index (χ2n) is 9.37. The first-order chi connectivity index (χ1) is 17.5. The molecule has 0 radical (unpaired) electrons. The topological polar surface area (TPSA) is 102 Å². The number of aryl methyl sites for hydroxylation is 1. The van der Waals surface area contributed by atoms with Crippen molar-refractivity contribution in [2.24, 2.45) is 0 Å². The van der Waals surface area contributed by atoms with Gasteiger partial charge in [-0.1, -0.05) is 36.4 Å². The largest absolute Gasteiger partial charge is 0.488 e. The Hall–Kier alpha value is -2.72. The Bertz CT molecular complexity index is 1230. The fourth-order valence-electron chi connectivity index (χ4n) is 4.19. The third-order valence-electron chi connectivity index (χ3n) is 6.51. The summed E-state index contributed by atoms with van der Waals surface area (Å²) >= 11 is 0. The van der Waals surface area contributed by atoms with Crippen LogP contribution in [0.3, 0.4) is 0 Å². The van der Waals surface area contributed by atoms with Crippen molar-refractivity contribution in [2.75, 3.05) is 32.9 Å². The smallest absolute Gasteiger partial charge is 0.325 e. The first kappa shape index (κ1) is 28.8. The highest BCUT2D eigenvalue weighted by Gasteiger charge is 2.45. The minimum absolute atomic E-state index is 0.152. The van der Waals surface area contributed by atoms with E-state index in [2.05, 4.69) is 12.1 Å². The molecule has 0 amide bonds. The lowest BCUT2D eigenvalue weighted by atomic mass is 9.93. The Balaban J connectivity index is 1.74. The Kier molecular flexibility index (Phi) is 9.52. The monoisotopic (exact) mass is 531 g/mol. The Morgan fingerprint density at radius 1 is 1.08 bits per heavy atom. The molecule has 0 aliphatic carbocycles. The molecular formula is C28H37NO7S. The molecule has 2 aromatic rings. The van der Waals surface area contributed by atoms with Crippen LogP contribution in [-0.4, -0.2) is 67.7 Å². The van der Waals surface area contributed by atoms with Crippen LogP contribution in [0, 0.1) is 6.92 Å². The number of aliphatic carboxylic acids is 1. The van der Waals surface area contributed by atoms with Gasteiger partial charge < -0.3 is 19.3 Å². The molecule has 0 fully saturated rings. The quantitative estimate of drug-likeness (QED) is 0.395. The van der Waals surface area contributed by atoms with Crippen molar-refractivity contribution in [2.45, 2.75) is 52.1 Å². The zero-order valence-corrected chi connectivity index (χ0v) is 23.0. The number of ether oxygens (including phenoxy) is 3. The van der Waals surface area contributed by atoms with Crippen molar-refractivity contribution in [1.82, 2.24) is 4.31 Å². The highest BCUT2D eigenvalue weighted by Crippen LogP contribution is 2.32. The lowest BCUT2D eigenvalue weighted by molar-refractivity contribution is -0.152. The molecular weight excluding hydrogens is 494 g/mol. The minimum Gasteiger partial charge on any atom is -0.488 e. The van der Waals surface area contributed by atoms with Gasteiger partial charge in [-0.05, 0) is 81.0 Å². The molecule has 0 saturated heterocycles. The second kappa shape index (κ2) is 12.2. The molecule has 0 bridgehead atoms. The Morgan fingerprint density at radius 3 is 2.35 bits per heavy atom. The zero-order chi connectivity index (χ0) is 27.2. The van der Waals surface area contributed by atoms with Gasteiger partial charge in [0, 0.05) is 26.3 Å². The second-order valence-corrected chi connectivity index (χ2v) is 11.9. The van der Waals surface area contributed by atoms with Gasteiger partial charge in [-0.25, -0.2) is 8.42 Å². The van der Waals surface area contributed by atoms with Crippen LogP contribution in [0.5, 0.6) is 5.75 Å². The third kappa shape index (κ3) is 6.59. The van der Waals surface area contributed by atoms with Crippen molar-refractivity contribution in [3.63, 3.8) is 0 Å². The molecule has 9 heteroatoms. The van der Waals surface area contributed by atoms with Gasteiger partial charge in [0.25, 0.3) is 0 Å². The molecule has 0 aromatic heterocycles. The van der Waals surface area contributed by atoms with Crippen LogP contribution < -0.4 is 4.74 Å². The lowest BCUT2D eigenvalue weighted by Crippen LogP contribution is -2.50. The predicted octanol–water partition coefficient (Wildman–Crippen LogP) is 4.72. The van der Waals surface area contributed by atoms with Crippen molar-refractivity contribution < 1.29 is 32.5 Å². The molecule has 8 nitrogen and oxygen atoms in total. The maximum atomic E-state index is 12.8. The molecule has 0 spiro atoms. The number of carbonyl (C=O) groups is 1. The van der Waals surface area contributed by atoms with E-state index in [0.29, 0.717) is 26.2 Å². The Morgan fingerprint density at radius 2 is 1.78 bits per heavy atom. The molecule has 1 N–H and O–H groups in total. The summed E-state index contributed by atoms with van der Waals surface area (Å²) in [4.78, 5) is 11.5. The Labute approximate surface area is 219 Å². The molecule has 2 aromatic carbocycles. The summed E-state index contributed by atoms with van der Waals surface area (Å²) < 4.78 is 42.0. The van der Waals surface area contributed by atoms with Crippen LogP contribution >= 0.6 is 0 Å². The average molecular weight is 532 g/mol. The molecule has 1 aliphatic rings. The fourth-order valence-corrected chi connectivity index (χ4v) is 5.65. The van der Waals surface area contributed by atoms with E-state index in [-0.39, 0.29) is 13.1 Å². The van der Waals surface area contributed by atoms with Crippen molar-refractivity contribution in [3.8, 4) is 16.9 Å². The molecule has 0 saturated carbocycles.